The van der Waals surface area contributed by atoms with Crippen LogP contribution >= 0.6 is 0 Å². The number of hydrogen-bond acceptors (Lipinski definition) is 13. The topological polar surface area (TPSA) is 198 Å². The molecule has 5 aliphatic heterocycles. The van der Waals surface area contributed by atoms with E-state index in [9.17, 15) is 28.0 Å². The van der Waals surface area contributed by atoms with Crippen molar-refractivity contribution in [1.29, 1.82) is 0 Å². The minimum absolute atomic E-state index is 0.117. The lowest BCUT2D eigenvalue weighted by atomic mass is 10.0. The van der Waals surface area contributed by atoms with E-state index in [0.717, 1.165) is 37.9 Å². The van der Waals surface area contributed by atoms with Gasteiger partial charge in [-0.1, -0.05) is 12.1 Å². The van der Waals surface area contributed by atoms with Crippen molar-refractivity contribution in [2.75, 3.05) is 63.3 Å². The molecule has 0 aliphatic carbocycles. The van der Waals surface area contributed by atoms with Gasteiger partial charge in [0.15, 0.2) is 17.6 Å². The number of alkyl halides is 2. The van der Waals surface area contributed by atoms with Crippen LogP contribution in [0, 0.1) is 0 Å². The lowest BCUT2D eigenvalue weighted by Gasteiger charge is -2.39. The highest BCUT2D eigenvalue weighted by atomic mass is 19.3. The Morgan fingerprint density at radius 1 is 1.05 bits per heavy atom. The number of aromatic amines is 1. The molecule has 0 radical (unpaired) electrons. The Morgan fingerprint density at radius 2 is 1.85 bits per heavy atom. The van der Waals surface area contributed by atoms with E-state index in [1.54, 1.807) is 6.20 Å². The van der Waals surface area contributed by atoms with E-state index in [0.29, 0.717) is 48.7 Å². The molecule has 9 heterocycles. The second-order valence-corrected chi connectivity index (χ2v) is 16.5. The first-order valence-electron chi connectivity index (χ1n) is 20.7. The van der Waals surface area contributed by atoms with Crippen molar-refractivity contribution in [2.45, 2.75) is 81.6 Å². The fourth-order valence-corrected chi connectivity index (χ4v) is 9.41. The summed E-state index contributed by atoms with van der Waals surface area (Å²) in [5, 5.41) is 13.4. The first-order chi connectivity index (χ1) is 29.6. The Bertz CT molecular complexity index is 2540. The third-order valence-electron chi connectivity index (χ3n) is 12.7. The number of morpholine rings is 1. The van der Waals surface area contributed by atoms with Crippen molar-refractivity contribution >= 4 is 45.9 Å². The molecule has 2 bridgehead atoms. The Morgan fingerprint density at radius 3 is 2.59 bits per heavy atom. The fourth-order valence-electron chi connectivity index (χ4n) is 9.41. The quantitative estimate of drug-likeness (QED) is 0.164. The van der Waals surface area contributed by atoms with E-state index in [4.69, 9.17) is 19.2 Å². The van der Waals surface area contributed by atoms with Crippen molar-refractivity contribution in [3.05, 3.63) is 70.2 Å². The Hall–Kier alpha value is -5.61. The normalized spacial score (nSPS) is 25.1. The number of fused-ring (bicyclic) bond motifs is 4. The van der Waals surface area contributed by atoms with Crippen molar-refractivity contribution in [3.63, 3.8) is 0 Å². The molecule has 19 nitrogen and oxygen atoms in total. The zero-order chi connectivity index (χ0) is 41.9. The van der Waals surface area contributed by atoms with E-state index < -0.39 is 42.3 Å². The molecule has 0 saturated carbocycles. The minimum atomic E-state index is -2.94. The minimum Gasteiger partial charge on any atom is -0.374 e. The third-order valence-corrected chi connectivity index (χ3v) is 12.7. The predicted octanol–water partition coefficient (Wildman–Crippen LogP) is 2.22. The van der Waals surface area contributed by atoms with Crippen LogP contribution in [0.5, 0.6) is 0 Å². The molecule has 4 aromatic heterocycles. The van der Waals surface area contributed by atoms with Crippen LogP contribution in [-0.4, -0.2) is 139 Å². The molecule has 5 saturated heterocycles. The van der Waals surface area contributed by atoms with Gasteiger partial charge >= 0.3 is 5.69 Å². The molecule has 322 valence electrons. The Labute approximate surface area is 346 Å². The number of likely N-dealkylation sites (N-methyl/N-ethyl adjacent to an activating group) is 1. The average molecular weight is 845 g/mol. The van der Waals surface area contributed by atoms with Crippen LogP contribution in [-0.2, 0) is 30.3 Å². The van der Waals surface area contributed by atoms with Gasteiger partial charge in [-0.2, -0.15) is 10.2 Å². The zero-order valence-corrected chi connectivity index (χ0v) is 33.4. The molecule has 1 aromatic carbocycles. The fraction of sp³-hybridized carbons (Fsp3) is 0.525. The number of halogens is 2. The first-order valence-corrected chi connectivity index (χ1v) is 20.7. The summed E-state index contributed by atoms with van der Waals surface area (Å²) in [4.78, 5) is 65.2. The molecule has 10 rings (SSSR count). The van der Waals surface area contributed by atoms with Crippen LogP contribution in [0.4, 0.5) is 20.3 Å². The van der Waals surface area contributed by atoms with Crippen molar-refractivity contribution < 1.29 is 37.4 Å². The smallest absolute Gasteiger partial charge is 0.327 e. The molecule has 3 atom stereocenters. The Kier molecular flexibility index (Phi) is 10.4. The number of benzene rings is 1. The number of carbonyl (C=O) groups excluding carboxylic acids is 3. The van der Waals surface area contributed by atoms with Crippen LogP contribution in [0.1, 0.15) is 72.2 Å². The van der Waals surface area contributed by atoms with E-state index in [1.165, 1.54) is 26.2 Å². The number of rotatable bonds is 11. The summed E-state index contributed by atoms with van der Waals surface area (Å²) in [5.41, 5.74) is 1.69. The number of nitrogens with one attached hydrogen (secondary N) is 3. The molecule has 1 unspecified atom stereocenters. The standard InChI is InChI=1S/C40H46F2N12O7/c1-49(23-7-10-50(11-8-23)15-22-3-2-4-29-34(22)47-40(58)54(29)30-5-6-32(55)46-39(30)57)18-33-60-20-25(21-61-33)53-17-28(35(48-53)36(41)42)44-38(56)27-14-43-52-12-9-31(45-37(27)52)51-16-26-13-24(51)19-59-26/h2-4,9,12,14,17,23-26,30,33,36H,5-8,10-11,13,15-16,18-21H2,1H3,(H,44,56)(H,47,58)(H,46,55,57)/t24-,25?,26-,30?,33?/m1/s1. The van der Waals surface area contributed by atoms with Gasteiger partial charge in [0, 0.05) is 44.5 Å². The highest BCUT2D eigenvalue weighted by molar-refractivity contribution is 6.08. The van der Waals surface area contributed by atoms with Gasteiger partial charge in [0.1, 0.15) is 17.4 Å². The second kappa shape index (κ2) is 16.0. The number of piperidine rings is 2. The number of likely N-dealkylation sites (tertiary alicyclic amines) is 1. The molecule has 21 heteroatoms. The maximum absolute atomic E-state index is 14.3. The summed E-state index contributed by atoms with van der Waals surface area (Å²) < 4.78 is 50.7. The van der Waals surface area contributed by atoms with Crippen LogP contribution in [0.25, 0.3) is 16.7 Å². The Balaban J connectivity index is 0.723. The molecule has 3 amide bonds. The van der Waals surface area contributed by atoms with E-state index >= 15 is 0 Å². The summed E-state index contributed by atoms with van der Waals surface area (Å²) in [6, 6.07) is 6.79. The van der Waals surface area contributed by atoms with Gasteiger partial charge in [-0.3, -0.25) is 38.7 Å². The van der Waals surface area contributed by atoms with Gasteiger partial charge in [0.25, 0.3) is 12.3 Å². The third kappa shape index (κ3) is 7.57. The number of imide groups is 1. The monoisotopic (exact) mass is 844 g/mol. The molecular formula is C40H46F2N12O7. The molecule has 5 fully saturated rings. The van der Waals surface area contributed by atoms with Crippen LogP contribution in [0.2, 0.25) is 0 Å². The summed E-state index contributed by atoms with van der Waals surface area (Å²) in [7, 11) is 2.03. The summed E-state index contributed by atoms with van der Waals surface area (Å²) in [6.45, 7) is 4.49. The highest BCUT2D eigenvalue weighted by Crippen LogP contribution is 2.33. The molecular weight excluding hydrogens is 799 g/mol. The van der Waals surface area contributed by atoms with Crippen molar-refractivity contribution in [3.8, 4) is 0 Å². The number of anilines is 2. The molecule has 3 N–H and O–H groups in total. The van der Waals surface area contributed by atoms with E-state index in [2.05, 4.69) is 40.5 Å². The van der Waals surface area contributed by atoms with Crippen LogP contribution in [0.15, 0.2) is 47.7 Å². The first kappa shape index (κ1) is 39.5. The maximum Gasteiger partial charge on any atom is 0.327 e. The van der Waals surface area contributed by atoms with Crippen molar-refractivity contribution in [1.82, 2.24) is 49.0 Å². The van der Waals surface area contributed by atoms with Gasteiger partial charge < -0.3 is 29.4 Å². The molecule has 5 aliphatic rings. The van der Waals surface area contributed by atoms with Gasteiger partial charge in [-0.05, 0) is 63.5 Å². The zero-order valence-electron chi connectivity index (χ0n) is 33.4. The number of carbonyl (C=O) groups is 3. The van der Waals surface area contributed by atoms with Gasteiger partial charge in [0.05, 0.1) is 60.9 Å². The largest absolute Gasteiger partial charge is 0.374 e. The molecule has 5 aromatic rings. The number of nitrogens with zero attached hydrogens (tertiary/aromatic N) is 9. The molecule has 0 spiro atoms. The average Bonchev–Trinajstić information content (AvgIpc) is 4.11. The highest BCUT2D eigenvalue weighted by Gasteiger charge is 2.40. The lowest BCUT2D eigenvalue weighted by Crippen LogP contribution is -2.47. The SMILES string of the molecule is CN(CC1OCC(n2cc(NC(=O)c3cnn4ccc(N5C[C@H]6C[C@@H]5CO6)nc34)c(C(F)F)n2)CO1)C1CCN(Cc2cccc3c2[nH]c(=O)n3C2CCC(=O)NC2=O)CC1. The number of aromatic nitrogens is 7. The maximum atomic E-state index is 14.3. The number of amides is 3. The number of ether oxygens (including phenoxy) is 3. The van der Waals surface area contributed by atoms with Crippen LogP contribution in [0.3, 0.4) is 0 Å². The summed E-state index contributed by atoms with van der Waals surface area (Å²) >= 11 is 0. The number of hydrogen-bond donors (Lipinski definition) is 3. The predicted molar refractivity (Wildman–Crippen MR) is 213 cm³/mol. The summed E-state index contributed by atoms with van der Waals surface area (Å²) in [6.07, 6.45) is 4.35. The number of imidazole rings is 1. The molecule has 61 heavy (non-hydrogen) atoms. The van der Waals surface area contributed by atoms with Gasteiger partial charge in [-0.15, -0.1) is 0 Å². The van der Waals surface area contributed by atoms with Crippen molar-refractivity contribution in [2.24, 2.45) is 0 Å². The lowest BCUT2D eigenvalue weighted by molar-refractivity contribution is -0.206. The van der Waals surface area contributed by atoms with E-state index in [1.807, 2.05) is 31.3 Å². The second-order valence-electron chi connectivity index (χ2n) is 16.5. The summed E-state index contributed by atoms with van der Waals surface area (Å²) in [5.74, 6) is -0.726. The number of H-pyrrole nitrogens is 1. The van der Waals surface area contributed by atoms with Crippen LogP contribution < -0.4 is 21.2 Å². The van der Waals surface area contributed by atoms with Gasteiger partial charge in [0.2, 0.25) is 11.8 Å². The number of para-hydroxylation sites is 1. The van der Waals surface area contributed by atoms with Gasteiger partial charge in [-0.25, -0.2) is 23.1 Å². The van der Waals surface area contributed by atoms with E-state index in [-0.39, 0.29) is 67.1 Å².